The summed E-state index contributed by atoms with van der Waals surface area (Å²) in [6, 6.07) is 1.22. The minimum absolute atomic E-state index is 0.0373. The maximum atomic E-state index is 13.8. The van der Waals surface area contributed by atoms with Crippen molar-refractivity contribution in [3.8, 4) is 0 Å². The summed E-state index contributed by atoms with van der Waals surface area (Å²) in [5.74, 6) is -0.337. The number of carbonyl (C=O) groups is 1. The van der Waals surface area contributed by atoms with Gasteiger partial charge in [-0.15, -0.1) is 11.3 Å². The molecule has 0 spiro atoms. The molecule has 0 aliphatic carbocycles. The van der Waals surface area contributed by atoms with Gasteiger partial charge in [0.2, 0.25) is 0 Å². The largest absolute Gasteiger partial charge is 0.410 e. The molecule has 1 amide bonds. The molecule has 4 heterocycles. The lowest BCUT2D eigenvalue weighted by atomic mass is 10.0. The Bertz CT molecular complexity index is 844. The molecule has 1 fully saturated rings. The Hall–Kier alpha value is -1.74. The van der Waals surface area contributed by atoms with Crippen molar-refractivity contribution in [2.24, 2.45) is 0 Å². The van der Waals surface area contributed by atoms with Crippen LogP contribution in [0.25, 0.3) is 0 Å². The normalized spacial score (nSPS) is 23.1. The van der Waals surface area contributed by atoms with E-state index in [1.165, 1.54) is 11.3 Å². The van der Waals surface area contributed by atoms with E-state index in [1.807, 2.05) is 5.38 Å². The zero-order chi connectivity index (χ0) is 19.9. The Labute approximate surface area is 169 Å². The van der Waals surface area contributed by atoms with E-state index in [0.717, 1.165) is 35.2 Å². The molecule has 152 valence electrons. The Morgan fingerprint density at radius 3 is 2.57 bits per heavy atom. The van der Waals surface area contributed by atoms with Crippen LogP contribution in [0, 0.1) is 0 Å². The second-order valence-corrected chi connectivity index (χ2v) is 8.52. The number of nitrogens with one attached hydrogen (secondary N) is 1. The van der Waals surface area contributed by atoms with E-state index in [-0.39, 0.29) is 23.0 Å². The number of alkyl halides is 3. The first-order chi connectivity index (χ1) is 13.4. The summed E-state index contributed by atoms with van der Waals surface area (Å²) < 4.78 is 42.1. The topological polar surface area (TPSA) is 50.2 Å². The highest BCUT2D eigenvalue weighted by atomic mass is 35.5. The number of fused-ring (bicyclic) bond motifs is 1. The first kappa shape index (κ1) is 19.6. The monoisotopic (exact) mass is 432 g/mol. The summed E-state index contributed by atoms with van der Waals surface area (Å²) in [6.45, 7) is 1.15. The van der Waals surface area contributed by atoms with Crippen molar-refractivity contribution in [2.75, 3.05) is 18.4 Å². The minimum atomic E-state index is -4.50. The molecule has 2 aliphatic rings. The first-order valence-corrected chi connectivity index (χ1v) is 10.6. The number of amides is 1. The molecule has 0 saturated carbocycles. The second kappa shape index (κ2) is 7.59. The number of halogens is 4. The molecule has 2 aliphatic heterocycles. The van der Waals surface area contributed by atoms with Crippen LogP contribution in [0.5, 0.6) is 0 Å². The van der Waals surface area contributed by atoms with Crippen LogP contribution in [0.1, 0.15) is 59.6 Å². The van der Waals surface area contributed by atoms with Crippen LogP contribution in [0.3, 0.4) is 0 Å². The van der Waals surface area contributed by atoms with Crippen LogP contribution in [0.15, 0.2) is 17.5 Å². The van der Waals surface area contributed by atoms with Crippen LogP contribution in [-0.2, 0) is 0 Å². The molecule has 2 atom stereocenters. The molecule has 0 bridgehead atoms. The number of thiophene rings is 1. The zero-order valence-corrected chi connectivity index (χ0v) is 16.6. The molecule has 0 unspecified atom stereocenters. The number of anilines is 1. The molecule has 1 saturated heterocycles. The summed E-state index contributed by atoms with van der Waals surface area (Å²) in [7, 11) is 0. The molecule has 0 aromatic carbocycles. The minimum Gasteiger partial charge on any atom is -0.361 e. The fourth-order valence-corrected chi connectivity index (χ4v) is 4.88. The van der Waals surface area contributed by atoms with Crippen LogP contribution in [-0.4, -0.2) is 39.9 Å². The Morgan fingerprint density at radius 2 is 1.96 bits per heavy atom. The van der Waals surface area contributed by atoms with Gasteiger partial charge in [-0.25, -0.2) is 4.68 Å². The van der Waals surface area contributed by atoms with Gasteiger partial charge in [-0.3, -0.25) is 4.79 Å². The van der Waals surface area contributed by atoms with E-state index in [9.17, 15) is 18.0 Å². The Kier molecular flexibility index (Phi) is 5.30. The summed E-state index contributed by atoms with van der Waals surface area (Å²) in [5, 5.41) is 8.89. The lowest BCUT2D eigenvalue weighted by Gasteiger charge is -2.32. The first-order valence-electron chi connectivity index (χ1n) is 9.30. The number of carbonyl (C=O) groups excluding carboxylic acids is 1. The van der Waals surface area contributed by atoms with E-state index < -0.39 is 24.2 Å². The highest BCUT2D eigenvalue weighted by Gasteiger charge is 2.48. The molecule has 28 heavy (non-hydrogen) atoms. The number of aromatic nitrogens is 2. The molecule has 1 N–H and O–H groups in total. The third kappa shape index (κ3) is 3.61. The van der Waals surface area contributed by atoms with Gasteiger partial charge in [0.25, 0.3) is 5.91 Å². The van der Waals surface area contributed by atoms with E-state index in [0.29, 0.717) is 13.1 Å². The van der Waals surface area contributed by atoms with Crippen LogP contribution < -0.4 is 5.32 Å². The number of nitrogens with zero attached hydrogens (tertiary/aromatic N) is 3. The van der Waals surface area contributed by atoms with Gasteiger partial charge in [-0.05, 0) is 24.3 Å². The number of rotatable bonds is 2. The zero-order valence-electron chi connectivity index (χ0n) is 15.0. The van der Waals surface area contributed by atoms with Crippen molar-refractivity contribution >= 4 is 34.7 Å². The molecular weight excluding hydrogens is 413 g/mol. The molecule has 10 heteroatoms. The van der Waals surface area contributed by atoms with Gasteiger partial charge < -0.3 is 10.2 Å². The number of likely N-dealkylation sites (tertiary alicyclic amines) is 1. The van der Waals surface area contributed by atoms with Crippen molar-refractivity contribution in [3.05, 3.63) is 33.1 Å². The molecule has 5 nitrogen and oxygen atoms in total. The van der Waals surface area contributed by atoms with Gasteiger partial charge >= 0.3 is 6.18 Å². The standard InChI is InChI=1S/C18H20ClF3N4OS/c19-14-15(17(27)25-7-3-1-2-4-8-25)24-26-13(18(20,21)22)10-11(23-16(14)26)12-6-5-9-28-12/h5-6,9,11,13,23H,1-4,7-8,10H2/t11-,13-/m0/s1. The fourth-order valence-electron chi connectivity index (χ4n) is 3.83. The lowest BCUT2D eigenvalue weighted by molar-refractivity contribution is -0.173. The predicted octanol–water partition coefficient (Wildman–Crippen LogP) is 5.27. The summed E-state index contributed by atoms with van der Waals surface area (Å²) >= 11 is 7.77. The van der Waals surface area contributed by atoms with Gasteiger partial charge in [0, 0.05) is 24.4 Å². The van der Waals surface area contributed by atoms with Crippen molar-refractivity contribution in [1.29, 1.82) is 0 Å². The smallest absolute Gasteiger partial charge is 0.361 e. The maximum Gasteiger partial charge on any atom is 0.410 e. The average Bonchev–Trinajstić information content (AvgIpc) is 3.20. The van der Waals surface area contributed by atoms with E-state index >= 15 is 0 Å². The third-order valence-electron chi connectivity index (χ3n) is 5.28. The average molecular weight is 433 g/mol. The molecule has 0 radical (unpaired) electrons. The number of hydrogen-bond donors (Lipinski definition) is 1. The Balaban J connectivity index is 1.70. The van der Waals surface area contributed by atoms with E-state index in [2.05, 4.69) is 10.4 Å². The van der Waals surface area contributed by atoms with Crippen LogP contribution in [0.4, 0.5) is 19.0 Å². The summed E-state index contributed by atoms with van der Waals surface area (Å²) in [5.41, 5.74) is -0.104. The van der Waals surface area contributed by atoms with Crippen molar-refractivity contribution < 1.29 is 18.0 Å². The predicted molar refractivity (Wildman–Crippen MR) is 102 cm³/mol. The van der Waals surface area contributed by atoms with Gasteiger partial charge in [0.05, 0.1) is 6.04 Å². The quantitative estimate of drug-likeness (QED) is 0.702. The molecule has 2 aromatic heterocycles. The maximum absolute atomic E-state index is 13.8. The summed E-state index contributed by atoms with van der Waals surface area (Å²) in [4.78, 5) is 15.4. The van der Waals surface area contributed by atoms with Gasteiger partial charge in [-0.1, -0.05) is 30.5 Å². The lowest BCUT2D eigenvalue weighted by Crippen LogP contribution is -2.36. The third-order valence-corrected chi connectivity index (χ3v) is 6.62. The van der Waals surface area contributed by atoms with Crippen molar-refractivity contribution in [3.63, 3.8) is 0 Å². The molecule has 4 rings (SSSR count). The molecular formula is C18H20ClF3N4OS. The summed E-state index contributed by atoms with van der Waals surface area (Å²) in [6.07, 6.45) is -0.868. The fraction of sp³-hybridized carbons (Fsp3) is 0.556. The van der Waals surface area contributed by atoms with Crippen LogP contribution >= 0.6 is 22.9 Å². The van der Waals surface area contributed by atoms with Gasteiger partial charge in [0.15, 0.2) is 11.7 Å². The SMILES string of the molecule is O=C(c1nn2c(c1Cl)N[C@H](c1cccs1)C[C@H]2C(F)(F)F)N1CCCCCC1. The van der Waals surface area contributed by atoms with Gasteiger partial charge in [-0.2, -0.15) is 18.3 Å². The number of hydrogen-bond acceptors (Lipinski definition) is 4. The highest BCUT2D eigenvalue weighted by molar-refractivity contribution is 7.10. The van der Waals surface area contributed by atoms with E-state index in [4.69, 9.17) is 11.6 Å². The van der Waals surface area contributed by atoms with Crippen LogP contribution in [0.2, 0.25) is 5.02 Å². The van der Waals surface area contributed by atoms with Crippen molar-refractivity contribution in [2.45, 2.75) is 50.4 Å². The van der Waals surface area contributed by atoms with Gasteiger partial charge in [0.1, 0.15) is 10.8 Å². The van der Waals surface area contributed by atoms with Crippen molar-refractivity contribution in [1.82, 2.24) is 14.7 Å². The molecule has 2 aromatic rings. The Morgan fingerprint density at radius 1 is 1.25 bits per heavy atom. The highest BCUT2D eigenvalue weighted by Crippen LogP contribution is 2.47. The van der Waals surface area contributed by atoms with E-state index in [1.54, 1.807) is 17.0 Å². The second-order valence-electron chi connectivity index (χ2n) is 7.17.